The number of fused-ring (bicyclic) bond motifs is 6. The van der Waals surface area contributed by atoms with Crippen LogP contribution in [0.25, 0.3) is 54.9 Å². The van der Waals surface area contributed by atoms with E-state index in [9.17, 15) is 0 Å². The first-order chi connectivity index (χ1) is 21.7. The summed E-state index contributed by atoms with van der Waals surface area (Å²) in [4.78, 5) is 5.01. The minimum Gasteiger partial charge on any atom is -0.456 e. The third-order valence-electron chi connectivity index (χ3n) is 8.38. The van der Waals surface area contributed by atoms with Crippen LogP contribution in [0.15, 0.2) is 155 Å². The molecule has 3 N–H and O–H groups in total. The molecule has 2 heterocycles. The van der Waals surface area contributed by atoms with E-state index in [0.717, 1.165) is 49.7 Å². The fourth-order valence-electron chi connectivity index (χ4n) is 6.17. The van der Waals surface area contributed by atoms with E-state index in [1.807, 2.05) is 60.7 Å². The number of para-hydroxylation sites is 2. The second-order valence-electron chi connectivity index (χ2n) is 11.0. The maximum atomic E-state index is 6.64. The predicted molar refractivity (Wildman–Crippen MR) is 182 cm³/mol. The molecule has 6 aromatic carbocycles. The Morgan fingerprint density at radius 3 is 2.07 bits per heavy atom. The van der Waals surface area contributed by atoms with E-state index in [4.69, 9.17) is 15.1 Å². The van der Waals surface area contributed by atoms with Gasteiger partial charge in [-0.1, -0.05) is 121 Å². The minimum absolute atomic E-state index is 0.351. The van der Waals surface area contributed by atoms with Crippen LogP contribution < -0.4 is 11.1 Å². The van der Waals surface area contributed by atoms with Gasteiger partial charge in [-0.2, -0.15) is 0 Å². The second-order valence-corrected chi connectivity index (χ2v) is 11.0. The highest BCUT2D eigenvalue weighted by Gasteiger charge is 2.17. The maximum absolute atomic E-state index is 6.64. The topological polar surface area (TPSA) is 68.5 Å². The molecule has 0 saturated heterocycles. The molecular formula is C39H30N4O. The molecule has 44 heavy (non-hydrogen) atoms. The number of nitrogens with one attached hydrogen (secondary N) is 1. The van der Waals surface area contributed by atoms with Crippen molar-refractivity contribution in [3.63, 3.8) is 0 Å². The van der Waals surface area contributed by atoms with Crippen molar-refractivity contribution >= 4 is 49.6 Å². The average Bonchev–Trinajstić information content (AvgIpc) is 3.61. The predicted octanol–water partition coefficient (Wildman–Crippen LogP) is 9.01. The Balaban J connectivity index is 1.17. The van der Waals surface area contributed by atoms with Gasteiger partial charge in [-0.3, -0.25) is 5.32 Å². The van der Waals surface area contributed by atoms with E-state index < -0.39 is 0 Å². The molecule has 1 unspecified atom stereocenters. The lowest BCUT2D eigenvalue weighted by molar-refractivity contribution is 0.491. The van der Waals surface area contributed by atoms with Crippen molar-refractivity contribution in [1.29, 1.82) is 0 Å². The van der Waals surface area contributed by atoms with Crippen molar-refractivity contribution in [2.24, 2.45) is 10.7 Å². The van der Waals surface area contributed by atoms with Crippen LogP contribution in [0.3, 0.4) is 0 Å². The number of amidine groups is 1. The number of nitrogens with zero attached hydrogens (tertiary/aromatic N) is 2. The molecule has 8 rings (SSSR count). The molecule has 0 saturated carbocycles. The third-order valence-corrected chi connectivity index (χ3v) is 8.38. The lowest BCUT2D eigenvalue weighted by Gasteiger charge is -2.18. The van der Waals surface area contributed by atoms with Crippen LogP contribution in [-0.4, -0.2) is 10.4 Å². The summed E-state index contributed by atoms with van der Waals surface area (Å²) < 4.78 is 8.57. The monoisotopic (exact) mass is 570 g/mol. The lowest BCUT2D eigenvalue weighted by Crippen LogP contribution is -2.26. The SMILES string of the molecule is NC(=NC(NCn1c2ccccc2c2cc3c(cc21)oc1ccccc13)c1ccccc1)c1ccc(-c2ccccc2)cc1. The molecule has 0 spiro atoms. The van der Waals surface area contributed by atoms with Crippen LogP contribution in [0.2, 0.25) is 0 Å². The molecule has 0 aliphatic heterocycles. The maximum Gasteiger partial charge on any atom is 0.137 e. The molecule has 8 aromatic rings. The first-order valence-corrected chi connectivity index (χ1v) is 14.8. The van der Waals surface area contributed by atoms with Gasteiger partial charge in [0.1, 0.15) is 23.2 Å². The number of aliphatic imine (C=N–C) groups is 1. The zero-order valence-electron chi connectivity index (χ0n) is 24.0. The summed E-state index contributed by atoms with van der Waals surface area (Å²) in [6, 6.07) is 50.0. The minimum atomic E-state index is -0.351. The van der Waals surface area contributed by atoms with E-state index in [1.165, 1.54) is 16.3 Å². The van der Waals surface area contributed by atoms with Crippen molar-refractivity contribution in [3.05, 3.63) is 157 Å². The molecule has 0 amide bonds. The molecular weight excluding hydrogens is 540 g/mol. The number of furan rings is 1. The standard InChI is InChI=1S/C39H30N4O/c40-38(28-21-19-27(20-22-28)26-11-3-1-4-12-26)42-39(29-13-5-2-6-14-29)41-25-43-34-17-9-7-15-30(34)32-23-33-31-16-8-10-18-36(31)44-37(33)24-35(32)43/h1-24,39,41H,25H2,(H2,40,42). The molecule has 5 nitrogen and oxygen atoms in total. The van der Waals surface area contributed by atoms with E-state index in [2.05, 4.69) is 94.8 Å². The van der Waals surface area contributed by atoms with Crippen molar-refractivity contribution in [2.45, 2.75) is 12.8 Å². The van der Waals surface area contributed by atoms with Crippen LogP contribution in [0.1, 0.15) is 17.3 Å². The fourth-order valence-corrected chi connectivity index (χ4v) is 6.17. The highest BCUT2D eigenvalue weighted by Crippen LogP contribution is 2.36. The Kier molecular flexibility index (Phi) is 6.43. The van der Waals surface area contributed by atoms with Gasteiger partial charge in [-0.25, -0.2) is 4.99 Å². The highest BCUT2D eigenvalue weighted by atomic mass is 16.3. The Labute approximate surface area is 254 Å². The number of nitrogens with two attached hydrogens (primary N) is 1. The van der Waals surface area contributed by atoms with Gasteiger partial charge < -0.3 is 14.7 Å². The van der Waals surface area contributed by atoms with E-state index >= 15 is 0 Å². The smallest absolute Gasteiger partial charge is 0.137 e. The van der Waals surface area contributed by atoms with Crippen molar-refractivity contribution in [1.82, 2.24) is 9.88 Å². The molecule has 0 aliphatic rings. The number of aromatic nitrogens is 1. The molecule has 212 valence electrons. The summed E-state index contributed by atoms with van der Waals surface area (Å²) in [6.07, 6.45) is -0.351. The number of hydrogen-bond donors (Lipinski definition) is 2. The third kappa shape index (κ3) is 4.60. The first-order valence-electron chi connectivity index (χ1n) is 14.8. The zero-order valence-corrected chi connectivity index (χ0v) is 24.0. The Morgan fingerprint density at radius 2 is 1.27 bits per heavy atom. The molecule has 0 bridgehead atoms. The van der Waals surface area contributed by atoms with Gasteiger partial charge in [0.15, 0.2) is 0 Å². The van der Waals surface area contributed by atoms with Crippen molar-refractivity contribution in [2.75, 3.05) is 0 Å². The van der Waals surface area contributed by atoms with Gasteiger partial charge in [0.25, 0.3) is 0 Å². The molecule has 0 fully saturated rings. The number of rotatable bonds is 7. The van der Waals surface area contributed by atoms with Crippen molar-refractivity contribution < 1.29 is 4.42 Å². The number of benzene rings is 6. The van der Waals surface area contributed by atoms with Gasteiger partial charge in [-0.05, 0) is 34.9 Å². The fraction of sp³-hybridized carbons (Fsp3) is 0.0513. The Bertz CT molecular complexity index is 2280. The van der Waals surface area contributed by atoms with E-state index in [1.54, 1.807) is 0 Å². The summed E-state index contributed by atoms with van der Waals surface area (Å²) in [6.45, 7) is 0.527. The van der Waals surface area contributed by atoms with Gasteiger partial charge in [0, 0.05) is 33.2 Å². The lowest BCUT2D eigenvalue weighted by atomic mass is 10.0. The summed E-state index contributed by atoms with van der Waals surface area (Å²) >= 11 is 0. The van der Waals surface area contributed by atoms with Gasteiger partial charge in [0.05, 0.1) is 17.7 Å². The zero-order chi connectivity index (χ0) is 29.5. The van der Waals surface area contributed by atoms with Gasteiger partial charge in [0.2, 0.25) is 0 Å². The molecule has 0 aliphatic carbocycles. The van der Waals surface area contributed by atoms with Crippen LogP contribution in [-0.2, 0) is 6.67 Å². The summed E-state index contributed by atoms with van der Waals surface area (Å²) in [7, 11) is 0. The normalized spacial score (nSPS) is 12.9. The van der Waals surface area contributed by atoms with Crippen LogP contribution >= 0.6 is 0 Å². The first kappa shape index (κ1) is 26.0. The highest BCUT2D eigenvalue weighted by molar-refractivity contribution is 6.16. The number of hydrogen-bond acceptors (Lipinski definition) is 3. The van der Waals surface area contributed by atoms with Gasteiger partial charge in [-0.15, -0.1) is 0 Å². The largest absolute Gasteiger partial charge is 0.456 e. The van der Waals surface area contributed by atoms with E-state index in [0.29, 0.717) is 12.5 Å². The summed E-state index contributed by atoms with van der Waals surface area (Å²) in [5.74, 6) is 0.483. The molecule has 5 heteroatoms. The van der Waals surface area contributed by atoms with Crippen LogP contribution in [0, 0.1) is 0 Å². The average molecular weight is 571 g/mol. The molecule has 0 radical (unpaired) electrons. The second kappa shape index (κ2) is 10.9. The quantitative estimate of drug-likeness (QED) is 0.148. The van der Waals surface area contributed by atoms with Gasteiger partial charge >= 0.3 is 0 Å². The molecule has 1 atom stereocenters. The molecule has 2 aromatic heterocycles. The Morgan fingerprint density at radius 1 is 0.614 bits per heavy atom. The van der Waals surface area contributed by atoms with Crippen molar-refractivity contribution in [3.8, 4) is 11.1 Å². The van der Waals surface area contributed by atoms with Crippen LogP contribution in [0.4, 0.5) is 0 Å². The summed E-state index contributed by atoms with van der Waals surface area (Å²) in [5.41, 5.74) is 14.9. The van der Waals surface area contributed by atoms with E-state index in [-0.39, 0.29) is 6.17 Å². The summed E-state index contributed by atoms with van der Waals surface area (Å²) in [5, 5.41) is 8.35. The Hall–Kier alpha value is -5.65. The van der Waals surface area contributed by atoms with Crippen LogP contribution in [0.5, 0.6) is 0 Å².